The molecule has 0 radical (unpaired) electrons. The van der Waals surface area contributed by atoms with Crippen LogP contribution in [0, 0.1) is 0 Å². The van der Waals surface area contributed by atoms with Crippen molar-refractivity contribution in [3.63, 3.8) is 0 Å². The van der Waals surface area contributed by atoms with E-state index in [0.717, 1.165) is 13.2 Å². The fourth-order valence-electron chi connectivity index (χ4n) is 1.35. The topological polar surface area (TPSA) is 55.5 Å². The molecule has 7 heteroatoms. The summed E-state index contributed by atoms with van der Waals surface area (Å²) in [4.78, 5) is 0. The fourth-order valence-corrected chi connectivity index (χ4v) is 1.99. The van der Waals surface area contributed by atoms with Gasteiger partial charge in [0.05, 0.1) is 29.8 Å². The Balaban J connectivity index is 3.39. The number of methoxy groups -OCH3 is 1. The molecule has 17 heavy (non-hydrogen) atoms. The Bertz CT molecular complexity index is 409. The van der Waals surface area contributed by atoms with Crippen molar-refractivity contribution in [2.45, 2.75) is 12.2 Å². The first-order chi connectivity index (χ1) is 7.81. The first-order valence-electron chi connectivity index (χ1n) is 4.62. The lowest BCUT2D eigenvalue weighted by molar-refractivity contribution is -0.138. The standard InChI is InChI=1S/C10H11BrF3NO2/c1-17-9-6(10(12,13)14)2-5(3-7(9)11)8(15)4-16/h2-3,8,16H,4,15H2,1H3. The van der Waals surface area contributed by atoms with E-state index in [4.69, 9.17) is 15.6 Å². The van der Waals surface area contributed by atoms with Crippen LogP contribution in [0.3, 0.4) is 0 Å². The van der Waals surface area contributed by atoms with Crippen molar-refractivity contribution in [3.8, 4) is 5.75 Å². The summed E-state index contributed by atoms with van der Waals surface area (Å²) >= 11 is 2.99. The molecule has 0 saturated carbocycles. The van der Waals surface area contributed by atoms with Crippen LogP contribution in [-0.4, -0.2) is 18.8 Å². The van der Waals surface area contributed by atoms with E-state index in [1.807, 2.05) is 0 Å². The average Bonchev–Trinajstić information content (AvgIpc) is 2.25. The fraction of sp³-hybridized carbons (Fsp3) is 0.400. The van der Waals surface area contributed by atoms with Gasteiger partial charge in [-0.25, -0.2) is 0 Å². The van der Waals surface area contributed by atoms with Crippen LogP contribution in [0.2, 0.25) is 0 Å². The predicted octanol–water partition coefficient (Wildman–Crippen LogP) is 2.47. The van der Waals surface area contributed by atoms with E-state index >= 15 is 0 Å². The minimum Gasteiger partial charge on any atom is -0.495 e. The molecule has 1 rings (SSSR count). The predicted molar refractivity (Wildman–Crippen MR) is 59.7 cm³/mol. The largest absolute Gasteiger partial charge is 0.495 e. The molecule has 1 atom stereocenters. The number of aliphatic hydroxyl groups is 1. The van der Waals surface area contributed by atoms with Crippen LogP contribution in [0.1, 0.15) is 17.2 Å². The highest BCUT2D eigenvalue weighted by molar-refractivity contribution is 9.10. The zero-order chi connectivity index (χ0) is 13.2. The van der Waals surface area contributed by atoms with Crippen LogP contribution in [0.5, 0.6) is 5.75 Å². The molecule has 0 heterocycles. The zero-order valence-corrected chi connectivity index (χ0v) is 10.5. The molecular weight excluding hydrogens is 303 g/mol. The van der Waals surface area contributed by atoms with Crippen LogP contribution < -0.4 is 10.5 Å². The van der Waals surface area contributed by atoms with Crippen LogP contribution in [0.4, 0.5) is 13.2 Å². The number of ether oxygens (including phenoxy) is 1. The molecule has 0 saturated heterocycles. The number of benzene rings is 1. The second-order valence-electron chi connectivity index (χ2n) is 3.37. The maximum atomic E-state index is 12.8. The van der Waals surface area contributed by atoms with Crippen molar-refractivity contribution in [3.05, 3.63) is 27.7 Å². The summed E-state index contributed by atoms with van der Waals surface area (Å²) in [6, 6.07) is 1.41. The summed E-state index contributed by atoms with van der Waals surface area (Å²) in [6.45, 7) is -0.434. The van der Waals surface area contributed by atoms with Gasteiger partial charge in [0.15, 0.2) is 0 Å². The van der Waals surface area contributed by atoms with Crippen molar-refractivity contribution in [1.29, 1.82) is 0 Å². The van der Waals surface area contributed by atoms with Gasteiger partial charge >= 0.3 is 6.18 Å². The molecular formula is C10H11BrF3NO2. The van der Waals surface area contributed by atoms with E-state index in [-0.39, 0.29) is 15.8 Å². The Morgan fingerprint density at radius 1 is 1.47 bits per heavy atom. The van der Waals surface area contributed by atoms with E-state index in [0.29, 0.717) is 0 Å². The maximum Gasteiger partial charge on any atom is 0.420 e. The number of aliphatic hydroxyl groups excluding tert-OH is 1. The first-order valence-corrected chi connectivity index (χ1v) is 5.41. The molecule has 0 aliphatic carbocycles. The summed E-state index contributed by atoms with van der Waals surface area (Å²) in [7, 11) is 1.15. The third kappa shape index (κ3) is 3.11. The molecule has 3 N–H and O–H groups in total. The van der Waals surface area contributed by atoms with Crippen LogP contribution in [-0.2, 0) is 6.18 Å². The molecule has 1 aromatic rings. The molecule has 1 aromatic carbocycles. The van der Waals surface area contributed by atoms with Crippen molar-refractivity contribution in [1.82, 2.24) is 0 Å². The van der Waals surface area contributed by atoms with Gasteiger partial charge in [0.1, 0.15) is 5.75 Å². The number of hydrogen-bond donors (Lipinski definition) is 2. The highest BCUT2D eigenvalue weighted by Crippen LogP contribution is 2.41. The number of nitrogens with two attached hydrogens (primary N) is 1. The van der Waals surface area contributed by atoms with Crippen molar-refractivity contribution in [2.75, 3.05) is 13.7 Å². The minimum atomic E-state index is -4.54. The quantitative estimate of drug-likeness (QED) is 0.901. The van der Waals surface area contributed by atoms with Gasteiger partial charge < -0.3 is 15.6 Å². The molecule has 0 amide bonds. The van der Waals surface area contributed by atoms with E-state index < -0.39 is 24.4 Å². The van der Waals surface area contributed by atoms with Gasteiger partial charge in [-0.1, -0.05) is 0 Å². The highest BCUT2D eigenvalue weighted by atomic mass is 79.9. The molecule has 0 aliphatic heterocycles. The lowest BCUT2D eigenvalue weighted by Crippen LogP contribution is -2.16. The van der Waals surface area contributed by atoms with Gasteiger partial charge in [-0.15, -0.1) is 0 Å². The minimum absolute atomic E-state index is 0.147. The third-order valence-corrected chi connectivity index (χ3v) is 2.79. The molecule has 0 fully saturated rings. The molecule has 0 aromatic heterocycles. The molecule has 0 spiro atoms. The van der Waals surface area contributed by atoms with Crippen LogP contribution in [0.15, 0.2) is 16.6 Å². The Hall–Kier alpha value is -0.790. The van der Waals surface area contributed by atoms with Crippen LogP contribution >= 0.6 is 15.9 Å². The molecule has 96 valence electrons. The highest BCUT2D eigenvalue weighted by Gasteiger charge is 2.36. The summed E-state index contributed by atoms with van der Waals surface area (Å²) in [5, 5.41) is 8.85. The first kappa shape index (κ1) is 14.3. The van der Waals surface area contributed by atoms with E-state index in [1.54, 1.807) is 0 Å². The van der Waals surface area contributed by atoms with Gasteiger partial charge in [0.2, 0.25) is 0 Å². The van der Waals surface area contributed by atoms with Crippen molar-refractivity contribution in [2.24, 2.45) is 5.73 Å². The average molecular weight is 314 g/mol. The lowest BCUT2D eigenvalue weighted by atomic mass is 10.0. The Kier molecular flexibility index (Phi) is 4.40. The molecule has 3 nitrogen and oxygen atoms in total. The Morgan fingerprint density at radius 2 is 2.06 bits per heavy atom. The number of halogens is 4. The summed E-state index contributed by atoms with van der Waals surface area (Å²) in [5.41, 5.74) is 4.75. The van der Waals surface area contributed by atoms with Crippen LogP contribution in [0.25, 0.3) is 0 Å². The monoisotopic (exact) mass is 313 g/mol. The Morgan fingerprint density at radius 3 is 2.47 bits per heavy atom. The number of alkyl halides is 3. The molecule has 0 aliphatic rings. The summed E-state index contributed by atoms with van der Waals surface area (Å²) in [6.07, 6.45) is -4.54. The number of rotatable bonds is 3. The van der Waals surface area contributed by atoms with E-state index in [2.05, 4.69) is 15.9 Å². The SMILES string of the molecule is COc1c(Br)cc(C(N)CO)cc1C(F)(F)F. The van der Waals surface area contributed by atoms with Gasteiger partial charge in [-0.05, 0) is 33.6 Å². The smallest absolute Gasteiger partial charge is 0.420 e. The van der Waals surface area contributed by atoms with Gasteiger partial charge in [0, 0.05) is 0 Å². The maximum absolute atomic E-state index is 12.8. The summed E-state index contributed by atoms with van der Waals surface area (Å²) < 4.78 is 43.1. The van der Waals surface area contributed by atoms with Crippen molar-refractivity contribution >= 4 is 15.9 Å². The zero-order valence-electron chi connectivity index (χ0n) is 8.88. The van der Waals surface area contributed by atoms with Gasteiger partial charge in [0.25, 0.3) is 0 Å². The van der Waals surface area contributed by atoms with E-state index in [9.17, 15) is 13.2 Å². The number of hydrogen-bond acceptors (Lipinski definition) is 3. The summed E-state index contributed by atoms with van der Waals surface area (Å²) in [5.74, 6) is -0.300. The second-order valence-corrected chi connectivity index (χ2v) is 4.22. The van der Waals surface area contributed by atoms with Crippen molar-refractivity contribution < 1.29 is 23.0 Å². The van der Waals surface area contributed by atoms with Gasteiger partial charge in [-0.2, -0.15) is 13.2 Å². The Labute approximate surface area is 105 Å². The molecule has 1 unspecified atom stereocenters. The van der Waals surface area contributed by atoms with Gasteiger partial charge in [-0.3, -0.25) is 0 Å². The second kappa shape index (κ2) is 5.24. The molecule has 0 bridgehead atoms. The third-order valence-electron chi connectivity index (χ3n) is 2.20. The normalized spacial score (nSPS) is 13.6. The van der Waals surface area contributed by atoms with E-state index in [1.165, 1.54) is 6.07 Å². The lowest BCUT2D eigenvalue weighted by Gasteiger charge is -2.17.